The quantitative estimate of drug-likeness (QED) is 0.270. The number of amides is 2. The highest BCUT2D eigenvalue weighted by molar-refractivity contribution is 6.02. The molecule has 0 heterocycles. The molecule has 0 bridgehead atoms. The number of rotatable bonds is 6. The van der Waals surface area contributed by atoms with Crippen LogP contribution in [0.4, 0.5) is 14.9 Å². The third kappa shape index (κ3) is 4.62. The Balaban J connectivity index is 1.52. The van der Waals surface area contributed by atoms with Gasteiger partial charge in [0, 0.05) is 13.1 Å². The highest BCUT2D eigenvalue weighted by atomic mass is 19.1. The molecule has 3 nitrogen and oxygen atoms in total. The highest BCUT2D eigenvalue weighted by Crippen LogP contribution is 2.30. The molecule has 0 aliphatic rings. The van der Waals surface area contributed by atoms with E-state index in [0.29, 0.717) is 19.5 Å². The van der Waals surface area contributed by atoms with Gasteiger partial charge < -0.3 is 10.2 Å². The molecule has 5 rings (SSSR count). The molecule has 0 saturated heterocycles. The van der Waals surface area contributed by atoms with Crippen LogP contribution in [0.3, 0.4) is 0 Å². The number of halogens is 1. The van der Waals surface area contributed by atoms with Gasteiger partial charge in [0.2, 0.25) is 0 Å². The van der Waals surface area contributed by atoms with Gasteiger partial charge in [0.15, 0.2) is 0 Å². The fraction of sp³-hybridized carbons (Fsp3) is 0.100. The normalized spacial score (nSPS) is 11.0. The Morgan fingerprint density at radius 3 is 2.00 bits per heavy atom. The first-order chi connectivity index (χ1) is 16.7. The summed E-state index contributed by atoms with van der Waals surface area (Å²) in [7, 11) is 0. The van der Waals surface area contributed by atoms with Gasteiger partial charge in [-0.05, 0) is 57.3 Å². The monoisotopic (exact) mass is 448 g/mol. The number of para-hydroxylation sites is 1. The molecule has 5 aromatic carbocycles. The maximum atomic E-state index is 14.3. The first-order valence-corrected chi connectivity index (χ1v) is 11.4. The molecule has 0 unspecified atom stereocenters. The zero-order valence-electron chi connectivity index (χ0n) is 18.7. The molecule has 0 aliphatic heterocycles. The van der Waals surface area contributed by atoms with Gasteiger partial charge in [-0.3, -0.25) is 0 Å². The maximum Gasteiger partial charge on any atom is 0.322 e. The van der Waals surface area contributed by atoms with Crippen LogP contribution in [0.1, 0.15) is 11.1 Å². The SMILES string of the molecule is O=C(Nc1ccccc1F)N(CCc1ccccc1)Cc1c2ccccc2cc2ccccc12. The predicted octanol–water partition coefficient (Wildman–Crippen LogP) is 7.41. The van der Waals surface area contributed by atoms with Gasteiger partial charge in [-0.15, -0.1) is 0 Å². The van der Waals surface area contributed by atoms with Crippen LogP contribution >= 0.6 is 0 Å². The summed E-state index contributed by atoms with van der Waals surface area (Å²) < 4.78 is 14.3. The minimum absolute atomic E-state index is 0.181. The summed E-state index contributed by atoms with van der Waals surface area (Å²) in [6.45, 7) is 0.914. The lowest BCUT2D eigenvalue weighted by Crippen LogP contribution is -2.36. The van der Waals surface area contributed by atoms with Crippen molar-refractivity contribution in [3.05, 3.63) is 126 Å². The summed E-state index contributed by atoms with van der Waals surface area (Å²) in [6, 6.07) is 34.7. The molecular weight excluding hydrogens is 423 g/mol. The largest absolute Gasteiger partial charge is 0.322 e. The standard InChI is InChI=1S/C30H25FN2O/c31-28-16-8-9-17-29(28)32-30(34)33(19-18-22-10-2-1-3-11-22)21-27-25-14-6-4-12-23(25)20-24-13-5-7-15-26(24)27/h1-17,20H,18-19,21H2,(H,32,34). The van der Waals surface area contributed by atoms with Crippen LogP contribution in [0.5, 0.6) is 0 Å². The second-order valence-corrected chi connectivity index (χ2v) is 8.36. The Morgan fingerprint density at radius 1 is 0.735 bits per heavy atom. The second kappa shape index (κ2) is 9.75. The Bertz CT molecular complexity index is 1390. The van der Waals surface area contributed by atoms with Gasteiger partial charge in [-0.25, -0.2) is 9.18 Å². The molecule has 34 heavy (non-hydrogen) atoms. The van der Waals surface area contributed by atoms with E-state index in [1.54, 1.807) is 23.1 Å². The average molecular weight is 449 g/mol. The van der Waals surface area contributed by atoms with E-state index in [1.807, 2.05) is 42.5 Å². The molecular formula is C30H25FN2O. The fourth-order valence-electron chi connectivity index (χ4n) is 4.39. The topological polar surface area (TPSA) is 32.3 Å². The van der Waals surface area contributed by atoms with Crippen LogP contribution in [0, 0.1) is 5.82 Å². The molecule has 0 spiro atoms. The molecule has 4 heteroatoms. The van der Waals surface area contributed by atoms with Crippen molar-refractivity contribution in [3.63, 3.8) is 0 Å². The smallest absolute Gasteiger partial charge is 0.320 e. The van der Waals surface area contributed by atoms with E-state index < -0.39 is 5.82 Å². The molecule has 0 aliphatic carbocycles. The zero-order chi connectivity index (χ0) is 23.3. The molecule has 5 aromatic rings. The van der Waals surface area contributed by atoms with Crippen LogP contribution in [-0.4, -0.2) is 17.5 Å². The molecule has 1 N–H and O–H groups in total. The highest BCUT2D eigenvalue weighted by Gasteiger charge is 2.18. The summed E-state index contributed by atoms with van der Waals surface area (Å²) in [5.74, 6) is -0.450. The number of fused-ring (bicyclic) bond motifs is 2. The van der Waals surface area contributed by atoms with Crippen molar-refractivity contribution in [1.29, 1.82) is 0 Å². The van der Waals surface area contributed by atoms with Crippen LogP contribution < -0.4 is 5.32 Å². The molecule has 0 radical (unpaired) electrons. The minimum atomic E-state index is -0.450. The summed E-state index contributed by atoms with van der Waals surface area (Å²) in [5, 5.41) is 7.27. The lowest BCUT2D eigenvalue weighted by molar-refractivity contribution is 0.210. The Hall–Kier alpha value is -4.18. The number of nitrogens with one attached hydrogen (secondary N) is 1. The lowest BCUT2D eigenvalue weighted by Gasteiger charge is -2.25. The van der Waals surface area contributed by atoms with E-state index in [9.17, 15) is 9.18 Å². The minimum Gasteiger partial charge on any atom is -0.320 e. The van der Waals surface area contributed by atoms with E-state index in [0.717, 1.165) is 32.7 Å². The first-order valence-electron chi connectivity index (χ1n) is 11.4. The van der Waals surface area contributed by atoms with Gasteiger partial charge in [0.05, 0.1) is 5.69 Å². The van der Waals surface area contributed by atoms with E-state index >= 15 is 0 Å². The number of carbonyl (C=O) groups is 1. The van der Waals surface area contributed by atoms with Gasteiger partial charge in [-0.1, -0.05) is 91.0 Å². The van der Waals surface area contributed by atoms with Crippen LogP contribution in [0.25, 0.3) is 21.5 Å². The van der Waals surface area contributed by atoms with Crippen LogP contribution in [0.2, 0.25) is 0 Å². The van der Waals surface area contributed by atoms with Crippen molar-refractivity contribution < 1.29 is 9.18 Å². The van der Waals surface area contributed by atoms with Gasteiger partial charge in [-0.2, -0.15) is 0 Å². The third-order valence-electron chi connectivity index (χ3n) is 6.15. The summed E-state index contributed by atoms with van der Waals surface area (Å²) in [4.78, 5) is 15.2. The fourth-order valence-corrected chi connectivity index (χ4v) is 4.39. The van der Waals surface area contributed by atoms with E-state index in [1.165, 1.54) is 6.07 Å². The molecule has 168 valence electrons. The Labute approximate surface area is 198 Å². The molecule has 0 fully saturated rings. The van der Waals surface area contributed by atoms with Crippen molar-refractivity contribution >= 4 is 33.3 Å². The predicted molar refractivity (Wildman–Crippen MR) is 137 cm³/mol. The number of urea groups is 1. The number of hydrogen-bond donors (Lipinski definition) is 1. The third-order valence-corrected chi connectivity index (χ3v) is 6.15. The summed E-state index contributed by atoms with van der Waals surface area (Å²) >= 11 is 0. The first kappa shape index (κ1) is 21.7. The van der Waals surface area contributed by atoms with Crippen LogP contribution in [0.15, 0.2) is 109 Å². The van der Waals surface area contributed by atoms with Crippen molar-refractivity contribution in [2.24, 2.45) is 0 Å². The van der Waals surface area contributed by atoms with Crippen molar-refractivity contribution in [2.45, 2.75) is 13.0 Å². The molecule has 2 amide bonds. The maximum absolute atomic E-state index is 14.3. The zero-order valence-corrected chi connectivity index (χ0v) is 18.7. The van der Waals surface area contributed by atoms with Crippen molar-refractivity contribution in [3.8, 4) is 0 Å². The average Bonchev–Trinajstić information content (AvgIpc) is 2.88. The second-order valence-electron chi connectivity index (χ2n) is 8.36. The van der Waals surface area contributed by atoms with Crippen molar-refractivity contribution in [1.82, 2.24) is 4.90 Å². The molecule has 0 aromatic heterocycles. The number of anilines is 1. The van der Waals surface area contributed by atoms with Gasteiger partial charge >= 0.3 is 6.03 Å². The van der Waals surface area contributed by atoms with E-state index in [4.69, 9.17) is 0 Å². The number of hydrogen-bond acceptors (Lipinski definition) is 1. The number of nitrogens with zero attached hydrogens (tertiary/aromatic N) is 1. The summed E-state index contributed by atoms with van der Waals surface area (Å²) in [6.07, 6.45) is 0.703. The summed E-state index contributed by atoms with van der Waals surface area (Å²) in [5.41, 5.74) is 2.42. The Morgan fingerprint density at radius 2 is 1.32 bits per heavy atom. The Kier molecular flexibility index (Phi) is 6.21. The van der Waals surface area contributed by atoms with Crippen LogP contribution in [-0.2, 0) is 13.0 Å². The molecule has 0 saturated carbocycles. The number of carbonyl (C=O) groups excluding carboxylic acids is 1. The number of benzene rings is 5. The van der Waals surface area contributed by atoms with Gasteiger partial charge in [0.25, 0.3) is 0 Å². The van der Waals surface area contributed by atoms with Gasteiger partial charge in [0.1, 0.15) is 5.82 Å². The van der Waals surface area contributed by atoms with E-state index in [-0.39, 0.29) is 11.7 Å². The lowest BCUT2D eigenvalue weighted by atomic mass is 9.96. The van der Waals surface area contributed by atoms with E-state index in [2.05, 4.69) is 47.8 Å². The molecule has 0 atom stereocenters. The van der Waals surface area contributed by atoms with Crippen molar-refractivity contribution in [2.75, 3.05) is 11.9 Å².